The van der Waals surface area contributed by atoms with Gasteiger partial charge in [0.15, 0.2) is 0 Å². The Balaban J connectivity index is 1.83. The van der Waals surface area contributed by atoms with Crippen LogP contribution in [-0.2, 0) is 12.0 Å². The molecule has 0 saturated carbocycles. The van der Waals surface area contributed by atoms with Crippen molar-refractivity contribution in [2.75, 3.05) is 11.9 Å². The van der Waals surface area contributed by atoms with Crippen LogP contribution in [0, 0.1) is 0 Å². The van der Waals surface area contributed by atoms with E-state index in [0.717, 1.165) is 21.5 Å². The van der Waals surface area contributed by atoms with E-state index >= 15 is 0 Å². The number of nitrogens with zero attached hydrogens (tertiary/aromatic N) is 6. The summed E-state index contributed by atoms with van der Waals surface area (Å²) >= 11 is 1.58. The Kier molecular flexibility index (Phi) is 3.36. The molecular weight excluding hydrogens is 284 g/mol. The lowest BCUT2D eigenvalue weighted by Gasteiger charge is -2.15. The Morgan fingerprint density at radius 2 is 2.10 bits per heavy atom. The lowest BCUT2D eigenvalue weighted by Crippen LogP contribution is -2.17. The summed E-state index contributed by atoms with van der Waals surface area (Å²) < 4.78 is 1.85. The molecule has 3 aromatic rings. The summed E-state index contributed by atoms with van der Waals surface area (Å²) in [7, 11) is 2.00. The van der Waals surface area contributed by atoms with Gasteiger partial charge in [0.05, 0.1) is 30.3 Å². The standard InChI is InChI=1S/C14H18N6S/c1-14(2,3)11-9-20-12(17-11)21-13(18-20)19(4)8-10-7-15-5-6-16-10/h5-7,9H,8H2,1-4H3. The molecule has 0 unspecified atom stereocenters. The van der Waals surface area contributed by atoms with Crippen LogP contribution in [0.4, 0.5) is 5.13 Å². The smallest absolute Gasteiger partial charge is 0.214 e. The summed E-state index contributed by atoms with van der Waals surface area (Å²) in [4.78, 5) is 16.0. The van der Waals surface area contributed by atoms with Crippen LogP contribution in [0.25, 0.3) is 4.96 Å². The van der Waals surface area contributed by atoms with Crippen molar-refractivity contribution >= 4 is 21.4 Å². The Labute approximate surface area is 127 Å². The SMILES string of the molecule is CN(Cc1cnccn1)c1nn2cc(C(C)(C)C)nc2s1. The second kappa shape index (κ2) is 5.07. The summed E-state index contributed by atoms with van der Waals surface area (Å²) in [6, 6.07) is 0. The highest BCUT2D eigenvalue weighted by Gasteiger charge is 2.20. The van der Waals surface area contributed by atoms with Gasteiger partial charge in [0.1, 0.15) is 0 Å². The van der Waals surface area contributed by atoms with Crippen molar-refractivity contribution in [2.24, 2.45) is 0 Å². The molecule has 0 radical (unpaired) electrons. The fraction of sp³-hybridized carbons (Fsp3) is 0.429. The number of hydrogen-bond acceptors (Lipinski definition) is 6. The van der Waals surface area contributed by atoms with Crippen molar-refractivity contribution in [3.8, 4) is 0 Å². The predicted octanol–water partition coefficient (Wildman–Crippen LogP) is 2.51. The van der Waals surface area contributed by atoms with Gasteiger partial charge in [-0.3, -0.25) is 9.97 Å². The fourth-order valence-corrected chi connectivity index (χ4v) is 2.77. The van der Waals surface area contributed by atoms with Crippen LogP contribution >= 0.6 is 11.3 Å². The van der Waals surface area contributed by atoms with Gasteiger partial charge in [-0.25, -0.2) is 9.50 Å². The second-order valence-corrected chi connectivity index (χ2v) is 6.98. The topological polar surface area (TPSA) is 59.2 Å². The third-order valence-corrected chi connectivity index (χ3v) is 4.18. The third-order valence-electron chi connectivity index (χ3n) is 3.14. The Morgan fingerprint density at radius 3 is 2.71 bits per heavy atom. The molecule has 0 aliphatic carbocycles. The Bertz CT molecular complexity index is 708. The van der Waals surface area contributed by atoms with Gasteiger partial charge in [0, 0.05) is 24.9 Å². The molecule has 0 aliphatic rings. The van der Waals surface area contributed by atoms with E-state index in [0.29, 0.717) is 6.54 Å². The molecule has 0 amide bonds. The molecule has 0 spiro atoms. The molecule has 7 heteroatoms. The van der Waals surface area contributed by atoms with Crippen molar-refractivity contribution in [1.82, 2.24) is 24.6 Å². The van der Waals surface area contributed by atoms with Crippen LogP contribution in [0.1, 0.15) is 32.2 Å². The van der Waals surface area contributed by atoms with Crippen LogP contribution in [0.3, 0.4) is 0 Å². The number of anilines is 1. The van der Waals surface area contributed by atoms with Crippen molar-refractivity contribution in [2.45, 2.75) is 32.7 Å². The molecule has 0 bridgehead atoms. The first-order valence-electron chi connectivity index (χ1n) is 6.76. The summed E-state index contributed by atoms with van der Waals surface area (Å²) in [5.41, 5.74) is 2.02. The highest BCUT2D eigenvalue weighted by molar-refractivity contribution is 7.20. The van der Waals surface area contributed by atoms with Crippen LogP contribution < -0.4 is 4.90 Å². The van der Waals surface area contributed by atoms with Crippen LogP contribution in [0.5, 0.6) is 0 Å². The minimum absolute atomic E-state index is 0.0408. The van der Waals surface area contributed by atoms with Crippen LogP contribution in [0.15, 0.2) is 24.8 Å². The molecule has 0 N–H and O–H groups in total. The van der Waals surface area contributed by atoms with Gasteiger partial charge >= 0.3 is 0 Å². The molecule has 0 aromatic carbocycles. The average molecular weight is 302 g/mol. The quantitative estimate of drug-likeness (QED) is 0.744. The molecule has 0 fully saturated rings. The second-order valence-electron chi connectivity index (χ2n) is 6.04. The van der Waals surface area contributed by atoms with Gasteiger partial charge < -0.3 is 4.90 Å². The Morgan fingerprint density at radius 1 is 1.29 bits per heavy atom. The molecule has 0 atom stereocenters. The summed E-state index contributed by atoms with van der Waals surface area (Å²) in [5.74, 6) is 0. The maximum Gasteiger partial charge on any atom is 0.214 e. The van der Waals surface area contributed by atoms with Crippen LogP contribution in [0.2, 0.25) is 0 Å². The number of hydrogen-bond donors (Lipinski definition) is 0. The van der Waals surface area contributed by atoms with E-state index in [1.165, 1.54) is 0 Å². The third kappa shape index (κ3) is 2.87. The highest BCUT2D eigenvalue weighted by atomic mass is 32.1. The summed E-state index contributed by atoms with van der Waals surface area (Å²) in [6.45, 7) is 7.14. The van der Waals surface area contributed by atoms with E-state index in [1.54, 1.807) is 29.9 Å². The molecule has 3 heterocycles. The predicted molar refractivity (Wildman–Crippen MR) is 83.7 cm³/mol. The first-order valence-corrected chi connectivity index (χ1v) is 7.58. The van der Waals surface area contributed by atoms with Crippen molar-refractivity contribution in [3.63, 3.8) is 0 Å². The minimum Gasteiger partial charge on any atom is -0.344 e. The van der Waals surface area contributed by atoms with Crippen molar-refractivity contribution in [3.05, 3.63) is 36.2 Å². The molecule has 21 heavy (non-hydrogen) atoms. The van der Waals surface area contributed by atoms with Crippen molar-refractivity contribution in [1.29, 1.82) is 0 Å². The monoisotopic (exact) mass is 302 g/mol. The molecule has 3 aromatic heterocycles. The molecule has 110 valence electrons. The van der Waals surface area contributed by atoms with Gasteiger partial charge in [-0.2, -0.15) is 0 Å². The number of rotatable bonds is 3. The van der Waals surface area contributed by atoms with E-state index in [-0.39, 0.29) is 5.41 Å². The summed E-state index contributed by atoms with van der Waals surface area (Å²) in [6.07, 6.45) is 7.15. The van der Waals surface area contributed by atoms with Crippen LogP contribution in [-0.4, -0.2) is 31.6 Å². The maximum absolute atomic E-state index is 4.66. The van der Waals surface area contributed by atoms with Gasteiger partial charge in [-0.15, -0.1) is 5.10 Å². The highest BCUT2D eigenvalue weighted by Crippen LogP contribution is 2.27. The maximum atomic E-state index is 4.66. The van der Waals surface area contributed by atoms with Gasteiger partial charge in [-0.1, -0.05) is 32.1 Å². The molecule has 0 saturated heterocycles. The van der Waals surface area contributed by atoms with E-state index in [1.807, 2.05) is 17.8 Å². The first kappa shape index (κ1) is 13.9. The molecule has 3 rings (SSSR count). The largest absolute Gasteiger partial charge is 0.344 e. The van der Waals surface area contributed by atoms with Gasteiger partial charge in [-0.05, 0) is 0 Å². The zero-order valence-electron chi connectivity index (χ0n) is 12.6. The fourth-order valence-electron chi connectivity index (χ4n) is 1.93. The number of aromatic nitrogens is 5. The van der Waals surface area contributed by atoms with E-state index in [2.05, 4.69) is 45.7 Å². The zero-order valence-corrected chi connectivity index (χ0v) is 13.4. The Hall–Kier alpha value is -2.02. The van der Waals surface area contributed by atoms with E-state index < -0.39 is 0 Å². The first-order chi connectivity index (χ1) is 9.93. The molecular formula is C14H18N6S. The van der Waals surface area contributed by atoms with Gasteiger partial charge in [0.25, 0.3) is 0 Å². The zero-order chi connectivity index (χ0) is 15.0. The average Bonchev–Trinajstić information content (AvgIpc) is 2.97. The molecule has 0 aliphatic heterocycles. The normalized spacial score (nSPS) is 12.0. The number of imidazole rings is 1. The van der Waals surface area contributed by atoms with Crippen molar-refractivity contribution < 1.29 is 0 Å². The number of fused-ring (bicyclic) bond motifs is 1. The lowest BCUT2D eigenvalue weighted by molar-refractivity contribution is 0.572. The minimum atomic E-state index is 0.0408. The van der Waals surface area contributed by atoms with E-state index in [4.69, 9.17) is 0 Å². The lowest BCUT2D eigenvalue weighted by atomic mass is 9.93. The molecule has 6 nitrogen and oxygen atoms in total. The van der Waals surface area contributed by atoms with E-state index in [9.17, 15) is 0 Å². The van der Waals surface area contributed by atoms with Gasteiger partial charge in [0.2, 0.25) is 10.1 Å². The summed E-state index contributed by atoms with van der Waals surface area (Å²) in [5, 5.41) is 5.51.